The van der Waals surface area contributed by atoms with Crippen molar-refractivity contribution in [3.63, 3.8) is 0 Å². The van der Waals surface area contributed by atoms with Crippen LogP contribution in [0.15, 0.2) is 105 Å². The number of carbonyl (C=O) groups excluding carboxylic acids is 1. The molecule has 0 saturated carbocycles. The highest BCUT2D eigenvalue weighted by molar-refractivity contribution is 7.07. The Morgan fingerprint density at radius 3 is 2.53 bits per heavy atom. The average molecular weight is 621 g/mol. The van der Waals surface area contributed by atoms with E-state index in [4.69, 9.17) is 23.6 Å². The van der Waals surface area contributed by atoms with E-state index in [-0.39, 0.29) is 30.1 Å². The molecule has 0 unspecified atom stereocenters. The van der Waals surface area contributed by atoms with Crippen LogP contribution in [0.25, 0.3) is 23.1 Å². The van der Waals surface area contributed by atoms with Crippen LogP contribution in [-0.2, 0) is 9.53 Å². The maximum absolute atomic E-state index is 14.1. The topological polar surface area (TPSA) is 130 Å². The quantitative estimate of drug-likeness (QED) is 0.261. The first-order valence-corrected chi connectivity index (χ1v) is 14.8. The van der Waals surface area contributed by atoms with Crippen molar-refractivity contribution in [3.05, 3.63) is 133 Å². The summed E-state index contributed by atoms with van der Waals surface area (Å²) in [5.74, 6) is 0.419. The summed E-state index contributed by atoms with van der Waals surface area (Å²) in [6, 6.07) is 23.6. The highest BCUT2D eigenvalue weighted by Gasteiger charge is 2.36. The average Bonchev–Trinajstić information content (AvgIpc) is 3.80. The second-order valence-corrected chi connectivity index (χ2v) is 11.1. The normalized spacial score (nSPS) is 15.5. The number of hydrogen-bond acceptors (Lipinski definition) is 9. The van der Waals surface area contributed by atoms with E-state index in [1.807, 2.05) is 30.3 Å². The fraction of sp³-hybridized carbons (Fsp3) is 0.118. The number of nitrogens with zero attached hydrogens (tertiary/aromatic N) is 2. The van der Waals surface area contributed by atoms with Gasteiger partial charge >= 0.3 is 11.9 Å². The zero-order valence-corrected chi connectivity index (χ0v) is 24.6. The van der Waals surface area contributed by atoms with E-state index >= 15 is 0 Å². The third-order valence-corrected chi connectivity index (χ3v) is 8.39. The zero-order chi connectivity index (χ0) is 31.1. The first kappa shape index (κ1) is 28.1. The van der Waals surface area contributed by atoms with Crippen LogP contribution in [0.1, 0.15) is 40.2 Å². The fourth-order valence-electron chi connectivity index (χ4n) is 5.33. The highest BCUT2D eigenvalue weighted by Crippen LogP contribution is 2.40. The molecule has 5 aromatic rings. The van der Waals surface area contributed by atoms with Gasteiger partial charge in [0.1, 0.15) is 11.5 Å². The van der Waals surface area contributed by atoms with Gasteiger partial charge in [-0.3, -0.25) is 9.36 Å². The van der Waals surface area contributed by atoms with Gasteiger partial charge in [0.25, 0.3) is 5.56 Å². The van der Waals surface area contributed by atoms with E-state index in [0.717, 1.165) is 0 Å². The van der Waals surface area contributed by atoms with Crippen molar-refractivity contribution in [2.24, 2.45) is 4.99 Å². The van der Waals surface area contributed by atoms with Crippen molar-refractivity contribution in [3.8, 4) is 22.8 Å². The van der Waals surface area contributed by atoms with Crippen molar-refractivity contribution >= 4 is 35.0 Å². The van der Waals surface area contributed by atoms with Gasteiger partial charge in [-0.05, 0) is 48.9 Å². The molecule has 0 aliphatic carbocycles. The van der Waals surface area contributed by atoms with Gasteiger partial charge in [0.15, 0.2) is 16.3 Å². The monoisotopic (exact) mass is 620 g/mol. The second-order valence-electron chi connectivity index (χ2n) is 10.1. The molecule has 2 aliphatic heterocycles. The number of rotatable bonds is 7. The molecule has 0 spiro atoms. The van der Waals surface area contributed by atoms with Gasteiger partial charge in [-0.1, -0.05) is 59.9 Å². The maximum Gasteiger partial charge on any atom is 0.338 e. The molecule has 0 fully saturated rings. The Morgan fingerprint density at radius 2 is 1.78 bits per heavy atom. The molecule has 1 atom stereocenters. The predicted octanol–water partition coefficient (Wildman–Crippen LogP) is 4.62. The van der Waals surface area contributed by atoms with Gasteiger partial charge in [0.05, 0.1) is 34.0 Å². The molecule has 2 aliphatic rings. The van der Waals surface area contributed by atoms with Crippen molar-refractivity contribution in [1.82, 2.24) is 4.57 Å². The van der Waals surface area contributed by atoms with Crippen LogP contribution in [-0.4, -0.2) is 35.0 Å². The standard InChI is InChI=1S/C34H24N2O8S/c1-2-41-33(40)28-29(20-6-4-3-5-7-20)35-34-36(30(28)22-12-14-25-26(16-22)43-18-42-25)31(37)27(45-34)17-23-13-15-24(44-23)19-8-10-21(11-9-19)32(38)39/h3-17,30H,2,18H2,1H3,(H,38,39)/b27-17+/t30-/m1/s1. The van der Waals surface area contributed by atoms with Crippen LogP contribution in [0.2, 0.25) is 0 Å². The molecule has 11 heteroatoms. The van der Waals surface area contributed by atoms with E-state index < -0.39 is 18.0 Å². The van der Waals surface area contributed by atoms with Crippen molar-refractivity contribution in [1.29, 1.82) is 0 Å². The first-order valence-electron chi connectivity index (χ1n) is 14.0. The molecule has 224 valence electrons. The Bertz CT molecular complexity index is 2180. The summed E-state index contributed by atoms with van der Waals surface area (Å²) in [6.45, 7) is 1.94. The van der Waals surface area contributed by atoms with E-state index in [1.54, 1.807) is 55.5 Å². The molecule has 45 heavy (non-hydrogen) atoms. The number of benzene rings is 3. The summed E-state index contributed by atoms with van der Waals surface area (Å²) >= 11 is 1.18. The lowest BCUT2D eigenvalue weighted by atomic mass is 9.93. The molecule has 0 bridgehead atoms. The van der Waals surface area contributed by atoms with Crippen molar-refractivity contribution < 1.29 is 33.3 Å². The number of aromatic nitrogens is 1. The Labute approximate surface area is 259 Å². The van der Waals surface area contributed by atoms with Crippen molar-refractivity contribution in [2.75, 3.05) is 13.4 Å². The van der Waals surface area contributed by atoms with Crippen LogP contribution < -0.4 is 24.4 Å². The molecule has 1 N–H and O–H groups in total. The van der Waals surface area contributed by atoms with Gasteiger partial charge in [0.2, 0.25) is 6.79 Å². The Hall–Kier alpha value is -5.68. The summed E-state index contributed by atoms with van der Waals surface area (Å²) in [6.07, 6.45) is 1.63. The second kappa shape index (κ2) is 11.4. The molecule has 3 aromatic carbocycles. The molecular weight excluding hydrogens is 596 g/mol. The number of carboxylic acid groups (broad SMARTS) is 1. The van der Waals surface area contributed by atoms with Gasteiger partial charge in [-0.25, -0.2) is 14.6 Å². The number of hydrogen-bond donors (Lipinski definition) is 1. The third kappa shape index (κ3) is 5.12. The van der Waals surface area contributed by atoms with E-state index in [9.17, 15) is 19.5 Å². The van der Waals surface area contributed by atoms with Crippen molar-refractivity contribution in [2.45, 2.75) is 13.0 Å². The highest BCUT2D eigenvalue weighted by atomic mass is 32.1. The zero-order valence-electron chi connectivity index (χ0n) is 23.8. The minimum atomic E-state index is -1.02. The Balaban J connectivity index is 1.40. The van der Waals surface area contributed by atoms with Gasteiger partial charge in [-0.15, -0.1) is 0 Å². The molecule has 7 rings (SSSR count). The molecule has 10 nitrogen and oxygen atoms in total. The number of furan rings is 1. The Morgan fingerprint density at radius 1 is 1.00 bits per heavy atom. The van der Waals surface area contributed by atoms with Crippen LogP contribution >= 0.6 is 11.3 Å². The Kier molecular flexibility index (Phi) is 7.14. The SMILES string of the molecule is CCOC(=O)C1=C(c2ccccc2)N=c2s/c(=C/c3ccc(-c4ccc(C(=O)O)cc4)o3)c(=O)n2[C@@H]1c1ccc2c(c1)OCO2. The minimum Gasteiger partial charge on any atom is -0.478 e. The lowest BCUT2D eigenvalue weighted by molar-refractivity contribution is -0.138. The number of ether oxygens (including phenoxy) is 3. The van der Waals surface area contributed by atoms with Crippen LogP contribution in [0, 0.1) is 0 Å². The van der Waals surface area contributed by atoms with Crippen LogP contribution in [0.4, 0.5) is 0 Å². The predicted molar refractivity (Wildman–Crippen MR) is 165 cm³/mol. The number of fused-ring (bicyclic) bond motifs is 2. The lowest BCUT2D eigenvalue weighted by Crippen LogP contribution is -2.40. The summed E-state index contributed by atoms with van der Waals surface area (Å²) in [7, 11) is 0. The largest absolute Gasteiger partial charge is 0.478 e. The van der Waals surface area contributed by atoms with Crippen LogP contribution in [0.5, 0.6) is 11.5 Å². The number of carbonyl (C=O) groups is 2. The summed E-state index contributed by atoms with van der Waals surface area (Å²) in [5.41, 5.74) is 2.47. The molecule has 0 radical (unpaired) electrons. The molecule has 2 aromatic heterocycles. The fourth-order valence-corrected chi connectivity index (χ4v) is 6.31. The molecular formula is C34H24N2O8S. The maximum atomic E-state index is 14.1. The summed E-state index contributed by atoms with van der Waals surface area (Å²) < 4.78 is 24.5. The summed E-state index contributed by atoms with van der Waals surface area (Å²) in [5, 5.41) is 9.19. The van der Waals surface area contributed by atoms with E-state index in [1.165, 1.54) is 28.0 Å². The molecule has 4 heterocycles. The lowest BCUT2D eigenvalue weighted by Gasteiger charge is -2.26. The van der Waals surface area contributed by atoms with Crippen LogP contribution in [0.3, 0.4) is 0 Å². The molecule has 0 saturated heterocycles. The van der Waals surface area contributed by atoms with Gasteiger partial charge in [-0.2, -0.15) is 0 Å². The third-order valence-electron chi connectivity index (χ3n) is 7.40. The number of aromatic carboxylic acids is 1. The number of carboxylic acids is 1. The van der Waals surface area contributed by atoms with Gasteiger partial charge < -0.3 is 23.7 Å². The van der Waals surface area contributed by atoms with E-state index in [0.29, 0.717) is 54.7 Å². The van der Waals surface area contributed by atoms with Gasteiger partial charge in [0, 0.05) is 17.2 Å². The smallest absolute Gasteiger partial charge is 0.338 e. The molecule has 0 amide bonds. The number of esters is 1. The number of thiazole rings is 1. The first-order chi connectivity index (χ1) is 21.9. The summed E-state index contributed by atoms with van der Waals surface area (Å²) in [4.78, 5) is 44.3. The van der Waals surface area contributed by atoms with E-state index in [2.05, 4.69) is 0 Å². The minimum absolute atomic E-state index is 0.0756.